The Morgan fingerprint density at radius 1 is 0.829 bits per heavy atom. The molecule has 0 saturated heterocycles. The molecule has 4 heterocycles. The second kappa shape index (κ2) is 9.15. The van der Waals surface area contributed by atoms with Crippen molar-refractivity contribution in [2.24, 2.45) is 0 Å². The van der Waals surface area contributed by atoms with E-state index < -0.39 is 0 Å². The molecule has 35 heavy (non-hydrogen) atoms. The normalized spacial score (nSPS) is 11.2. The van der Waals surface area contributed by atoms with E-state index in [0.717, 1.165) is 51.7 Å². The van der Waals surface area contributed by atoms with Gasteiger partial charge < -0.3 is 15.0 Å². The predicted molar refractivity (Wildman–Crippen MR) is 142 cm³/mol. The third-order valence-electron chi connectivity index (χ3n) is 6.07. The zero-order chi connectivity index (χ0) is 23.6. The Morgan fingerprint density at radius 2 is 1.74 bits per heavy atom. The van der Waals surface area contributed by atoms with Crippen molar-refractivity contribution in [1.29, 1.82) is 0 Å². The summed E-state index contributed by atoms with van der Waals surface area (Å²) in [4.78, 5) is 17.6. The molecule has 0 aliphatic heterocycles. The van der Waals surface area contributed by atoms with E-state index in [-0.39, 0.29) is 0 Å². The molecule has 0 radical (unpaired) electrons. The Labute approximate surface area is 206 Å². The van der Waals surface area contributed by atoms with E-state index in [4.69, 9.17) is 0 Å². The fourth-order valence-electron chi connectivity index (χ4n) is 4.22. The second-order valence-corrected chi connectivity index (χ2v) is 9.30. The number of fused-ring (bicyclic) bond motifs is 2. The molecule has 0 bridgehead atoms. The average Bonchev–Trinajstić information content (AvgIpc) is 3.56. The summed E-state index contributed by atoms with van der Waals surface area (Å²) in [6.07, 6.45) is 11.2. The Kier molecular flexibility index (Phi) is 5.56. The van der Waals surface area contributed by atoms with E-state index in [0.29, 0.717) is 0 Å². The van der Waals surface area contributed by atoms with Crippen LogP contribution < -0.4 is 10.6 Å². The number of nitrogens with zero attached hydrogens (tertiary/aromatic N) is 5. The molecule has 4 aromatic heterocycles. The first-order valence-electron chi connectivity index (χ1n) is 11.4. The lowest BCUT2D eigenvalue weighted by atomic mass is 10.0. The Balaban J connectivity index is 1.20. The third kappa shape index (κ3) is 4.56. The molecule has 6 aromatic rings. The molecular weight excluding hydrogens is 454 g/mol. The van der Waals surface area contributed by atoms with Crippen molar-refractivity contribution >= 4 is 50.2 Å². The number of aromatic nitrogens is 5. The fourth-order valence-corrected chi connectivity index (χ4v) is 4.77. The van der Waals surface area contributed by atoms with Crippen molar-refractivity contribution in [2.45, 2.75) is 19.8 Å². The summed E-state index contributed by atoms with van der Waals surface area (Å²) >= 11 is 1.56. The zero-order valence-electron chi connectivity index (χ0n) is 19.1. The maximum Gasteiger partial charge on any atom is 0.187 e. The maximum atomic E-state index is 4.52. The van der Waals surface area contributed by atoms with E-state index in [1.54, 1.807) is 23.9 Å². The van der Waals surface area contributed by atoms with E-state index in [1.807, 2.05) is 34.3 Å². The van der Waals surface area contributed by atoms with Crippen LogP contribution in [0.15, 0.2) is 85.0 Å². The van der Waals surface area contributed by atoms with Gasteiger partial charge in [0, 0.05) is 46.9 Å². The van der Waals surface area contributed by atoms with Crippen molar-refractivity contribution in [1.82, 2.24) is 24.3 Å². The Morgan fingerprint density at radius 3 is 2.63 bits per heavy atom. The SMILES string of the molecule is Cc1cc(Nc2ncnc3ccc(Nc4nccs4)cc23)ccc1CCc1ccn2ccnc2c1. The largest absolute Gasteiger partial charge is 0.340 e. The van der Waals surface area contributed by atoms with Crippen LogP contribution in [0.4, 0.5) is 22.3 Å². The molecule has 0 spiro atoms. The van der Waals surface area contributed by atoms with Crippen LogP contribution in [0.25, 0.3) is 16.6 Å². The molecule has 0 saturated carbocycles. The minimum absolute atomic E-state index is 0.776. The number of rotatable bonds is 7. The Hall–Kier alpha value is -4.30. The van der Waals surface area contributed by atoms with Crippen LogP contribution in [0.1, 0.15) is 16.7 Å². The van der Waals surface area contributed by atoms with Gasteiger partial charge >= 0.3 is 0 Å². The number of nitrogens with one attached hydrogen (secondary N) is 2. The number of benzene rings is 2. The van der Waals surface area contributed by atoms with Crippen molar-refractivity contribution in [3.05, 3.63) is 102 Å². The van der Waals surface area contributed by atoms with Crippen molar-refractivity contribution in [2.75, 3.05) is 10.6 Å². The van der Waals surface area contributed by atoms with Gasteiger partial charge in [-0.15, -0.1) is 11.3 Å². The summed E-state index contributed by atoms with van der Waals surface area (Å²) in [6.45, 7) is 2.16. The molecule has 0 unspecified atom stereocenters. The van der Waals surface area contributed by atoms with Crippen LogP contribution >= 0.6 is 11.3 Å². The lowest BCUT2D eigenvalue weighted by Crippen LogP contribution is -1.99. The van der Waals surface area contributed by atoms with E-state index >= 15 is 0 Å². The number of anilines is 4. The number of thiazole rings is 1. The first-order chi connectivity index (χ1) is 17.2. The number of hydrogen-bond donors (Lipinski definition) is 2. The molecule has 0 fully saturated rings. The molecule has 0 amide bonds. The summed E-state index contributed by atoms with van der Waals surface area (Å²) in [7, 11) is 0. The van der Waals surface area contributed by atoms with Crippen LogP contribution in [-0.2, 0) is 12.8 Å². The molecule has 0 aliphatic rings. The average molecular weight is 478 g/mol. The van der Waals surface area contributed by atoms with Gasteiger partial charge in [0.05, 0.1) is 5.52 Å². The monoisotopic (exact) mass is 477 g/mol. The summed E-state index contributed by atoms with van der Waals surface area (Å²) < 4.78 is 2.03. The summed E-state index contributed by atoms with van der Waals surface area (Å²) in [5, 5.41) is 10.6. The van der Waals surface area contributed by atoms with Gasteiger partial charge in [0.1, 0.15) is 17.8 Å². The molecule has 0 aliphatic carbocycles. The first-order valence-corrected chi connectivity index (χ1v) is 12.3. The topological polar surface area (TPSA) is 80.0 Å². The van der Waals surface area contributed by atoms with Crippen molar-refractivity contribution in [3.63, 3.8) is 0 Å². The predicted octanol–water partition coefficient (Wildman–Crippen LogP) is 6.31. The molecule has 172 valence electrons. The van der Waals surface area contributed by atoms with Gasteiger partial charge in [-0.1, -0.05) is 6.07 Å². The standard InChI is InChI=1S/C27H23N7S/c1-18-14-21(5-4-20(18)3-2-19-8-11-34-12-9-28-25(34)15-19)32-26-23-16-22(33-27-29-10-13-35-27)6-7-24(23)30-17-31-26/h4-17H,2-3H2,1H3,(H,29,33)(H,30,31,32). The molecular formula is C27H23N7S. The van der Waals surface area contributed by atoms with Crippen molar-refractivity contribution < 1.29 is 0 Å². The van der Waals surface area contributed by atoms with Gasteiger partial charge in [-0.2, -0.15) is 0 Å². The van der Waals surface area contributed by atoms with Crippen LogP contribution in [0.5, 0.6) is 0 Å². The minimum atomic E-state index is 0.776. The number of hydrogen-bond acceptors (Lipinski definition) is 7. The highest BCUT2D eigenvalue weighted by atomic mass is 32.1. The minimum Gasteiger partial charge on any atom is -0.340 e. The zero-order valence-corrected chi connectivity index (χ0v) is 20.0. The maximum absolute atomic E-state index is 4.52. The third-order valence-corrected chi connectivity index (χ3v) is 6.76. The van der Waals surface area contributed by atoms with Gasteiger partial charge in [-0.25, -0.2) is 19.9 Å². The first kappa shape index (κ1) is 21.2. The quantitative estimate of drug-likeness (QED) is 0.280. The van der Waals surface area contributed by atoms with E-state index in [2.05, 4.69) is 80.1 Å². The van der Waals surface area contributed by atoms with E-state index in [9.17, 15) is 0 Å². The fraction of sp³-hybridized carbons (Fsp3) is 0.111. The van der Waals surface area contributed by atoms with Gasteiger partial charge in [-0.05, 0) is 78.9 Å². The van der Waals surface area contributed by atoms with Gasteiger partial charge in [0.2, 0.25) is 0 Å². The highest BCUT2D eigenvalue weighted by Crippen LogP contribution is 2.28. The highest BCUT2D eigenvalue weighted by molar-refractivity contribution is 7.13. The van der Waals surface area contributed by atoms with Crippen molar-refractivity contribution in [3.8, 4) is 0 Å². The molecule has 8 heteroatoms. The Bertz CT molecular complexity index is 1620. The van der Waals surface area contributed by atoms with Gasteiger partial charge in [0.25, 0.3) is 0 Å². The van der Waals surface area contributed by atoms with Gasteiger partial charge in [0.15, 0.2) is 5.13 Å². The number of pyridine rings is 1. The second-order valence-electron chi connectivity index (χ2n) is 8.41. The summed E-state index contributed by atoms with van der Waals surface area (Å²) in [5.74, 6) is 0.776. The molecule has 7 nitrogen and oxygen atoms in total. The van der Waals surface area contributed by atoms with Crippen LogP contribution in [0.3, 0.4) is 0 Å². The molecule has 0 atom stereocenters. The van der Waals surface area contributed by atoms with Crippen LogP contribution in [0, 0.1) is 6.92 Å². The highest BCUT2D eigenvalue weighted by Gasteiger charge is 2.08. The van der Waals surface area contributed by atoms with Crippen LogP contribution in [0.2, 0.25) is 0 Å². The smallest absolute Gasteiger partial charge is 0.187 e. The molecule has 6 rings (SSSR count). The number of imidazole rings is 1. The molecule has 2 N–H and O–H groups in total. The number of aryl methyl sites for hydroxylation is 3. The van der Waals surface area contributed by atoms with Gasteiger partial charge in [-0.3, -0.25) is 0 Å². The summed E-state index contributed by atoms with van der Waals surface area (Å²) in [6, 6.07) is 16.9. The lowest BCUT2D eigenvalue weighted by Gasteiger charge is -2.12. The van der Waals surface area contributed by atoms with E-state index in [1.165, 1.54) is 16.7 Å². The van der Waals surface area contributed by atoms with Crippen LogP contribution in [-0.4, -0.2) is 24.3 Å². The molecule has 2 aromatic carbocycles. The summed E-state index contributed by atoms with van der Waals surface area (Å²) in [5.41, 5.74) is 7.70. The lowest BCUT2D eigenvalue weighted by molar-refractivity contribution is 0.944.